The van der Waals surface area contributed by atoms with Crippen molar-refractivity contribution in [1.29, 1.82) is 0 Å². The summed E-state index contributed by atoms with van der Waals surface area (Å²) in [5.74, 6) is 2.04. The number of aromatic hydroxyl groups is 1. The molecule has 2 nitrogen and oxygen atoms in total. The van der Waals surface area contributed by atoms with Crippen LogP contribution in [0.2, 0.25) is 0 Å². The third-order valence-corrected chi connectivity index (χ3v) is 6.88. The van der Waals surface area contributed by atoms with Gasteiger partial charge in [0.2, 0.25) is 0 Å². The molecule has 142 valence electrons. The van der Waals surface area contributed by atoms with Crippen LogP contribution in [0.1, 0.15) is 70.8 Å². The summed E-state index contributed by atoms with van der Waals surface area (Å²) in [6, 6.07) is 7.92. The Balaban J connectivity index is 0.00000225. The maximum absolute atomic E-state index is 9.83. The van der Waals surface area contributed by atoms with E-state index in [4.69, 9.17) is 0 Å². The van der Waals surface area contributed by atoms with Gasteiger partial charge in [-0.2, -0.15) is 0 Å². The number of piperidine rings is 1. The maximum Gasteiger partial charge on any atom is 0.115 e. The summed E-state index contributed by atoms with van der Waals surface area (Å²) in [6.45, 7) is 8.43. The van der Waals surface area contributed by atoms with Gasteiger partial charge in [0.05, 0.1) is 0 Å². The highest BCUT2D eigenvalue weighted by molar-refractivity contribution is 5.85. The smallest absolute Gasteiger partial charge is 0.115 e. The van der Waals surface area contributed by atoms with Crippen molar-refractivity contribution in [2.75, 3.05) is 19.6 Å². The number of hydrogen-bond donors (Lipinski definition) is 1. The van der Waals surface area contributed by atoms with Crippen molar-refractivity contribution in [3.05, 3.63) is 29.8 Å². The zero-order valence-electron chi connectivity index (χ0n) is 16.0. The van der Waals surface area contributed by atoms with Crippen molar-refractivity contribution in [2.24, 2.45) is 11.8 Å². The third kappa shape index (κ3) is 5.14. The second-order valence-electron chi connectivity index (χ2n) is 8.57. The second kappa shape index (κ2) is 9.28. The van der Waals surface area contributed by atoms with E-state index in [0.29, 0.717) is 11.7 Å². The molecule has 1 heterocycles. The van der Waals surface area contributed by atoms with Crippen LogP contribution >= 0.6 is 12.4 Å². The lowest BCUT2D eigenvalue weighted by Gasteiger charge is -2.45. The molecule has 0 aromatic heterocycles. The number of rotatable bonds is 5. The standard InChI is InChI=1S/C22H35NO.ClH/c1-18-17-23(14-7-10-19-8-4-3-5-9-19)15-13-22(18,2)20-11-6-12-21(24)16-20;/h6,11-12,16,18-19,24H,3-5,7-10,13-15,17H2,1-2H3;1H/t18-,22-;/m0./s1. The molecule has 3 rings (SSSR count). The fourth-order valence-electron chi connectivity index (χ4n) is 4.89. The number of hydrogen-bond acceptors (Lipinski definition) is 2. The summed E-state index contributed by atoms with van der Waals surface area (Å²) in [4.78, 5) is 2.68. The van der Waals surface area contributed by atoms with Crippen LogP contribution in [-0.4, -0.2) is 29.6 Å². The molecule has 0 unspecified atom stereocenters. The van der Waals surface area contributed by atoms with Crippen molar-refractivity contribution in [3.63, 3.8) is 0 Å². The van der Waals surface area contributed by atoms with Gasteiger partial charge in [0.25, 0.3) is 0 Å². The summed E-state index contributed by atoms with van der Waals surface area (Å²) >= 11 is 0. The average Bonchev–Trinajstić information content (AvgIpc) is 2.59. The number of phenols is 1. The Hall–Kier alpha value is -0.730. The Morgan fingerprint density at radius 1 is 1.20 bits per heavy atom. The molecule has 1 saturated carbocycles. The molecule has 0 radical (unpaired) electrons. The molecule has 1 aliphatic carbocycles. The monoisotopic (exact) mass is 365 g/mol. The minimum atomic E-state index is 0. The fourth-order valence-corrected chi connectivity index (χ4v) is 4.89. The normalized spacial score (nSPS) is 28.5. The van der Waals surface area contributed by atoms with Gasteiger partial charge in [0.15, 0.2) is 0 Å². The maximum atomic E-state index is 9.83. The van der Waals surface area contributed by atoms with E-state index in [1.807, 2.05) is 12.1 Å². The van der Waals surface area contributed by atoms with Crippen LogP contribution in [0.25, 0.3) is 0 Å². The molecule has 1 saturated heterocycles. The van der Waals surface area contributed by atoms with E-state index in [9.17, 15) is 5.11 Å². The fraction of sp³-hybridized carbons (Fsp3) is 0.727. The summed E-state index contributed by atoms with van der Waals surface area (Å²) in [5, 5.41) is 9.83. The van der Waals surface area contributed by atoms with Crippen LogP contribution in [0, 0.1) is 11.8 Å². The Kier molecular flexibility index (Phi) is 7.64. The van der Waals surface area contributed by atoms with E-state index in [1.54, 1.807) is 6.07 Å². The van der Waals surface area contributed by atoms with Gasteiger partial charge in [-0.15, -0.1) is 12.4 Å². The molecule has 25 heavy (non-hydrogen) atoms. The van der Waals surface area contributed by atoms with E-state index in [1.165, 1.54) is 76.6 Å². The number of benzene rings is 1. The topological polar surface area (TPSA) is 23.5 Å². The number of nitrogens with zero attached hydrogens (tertiary/aromatic N) is 1. The van der Waals surface area contributed by atoms with Gasteiger partial charge in [-0.1, -0.05) is 58.1 Å². The summed E-state index contributed by atoms with van der Waals surface area (Å²) in [7, 11) is 0. The van der Waals surface area contributed by atoms with Gasteiger partial charge >= 0.3 is 0 Å². The molecular formula is C22H36ClNO. The first-order valence-electron chi connectivity index (χ1n) is 10.1. The van der Waals surface area contributed by atoms with Crippen LogP contribution < -0.4 is 0 Å². The molecular weight excluding hydrogens is 330 g/mol. The van der Waals surface area contributed by atoms with E-state index >= 15 is 0 Å². The van der Waals surface area contributed by atoms with E-state index < -0.39 is 0 Å². The lowest BCUT2D eigenvalue weighted by molar-refractivity contribution is 0.107. The molecule has 2 aliphatic rings. The SMILES string of the molecule is C[C@H]1CN(CCCC2CCCCC2)CC[C@]1(C)c1cccc(O)c1.Cl. The van der Waals surface area contributed by atoms with E-state index in [-0.39, 0.29) is 17.8 Å². The van der Waals surface area contributed by atoms with Gasteiger partial charge in [-0.25, -0.2) is 0 Å². The number of phenolic OH excluding ortho intramolecular Hbond substituents is 1. The quantitative estimate of drug-likeness (QED) is 0.715. The van der Waals surface area contributed by atoms with Crippen molar-refractivity contribution >= 4 is 12.4 Å². The van der Waals surface area contributed by atoms with E-state index in [0.717, 1.165) is 5.92 Å². The highest BCUT2D eigenvalue weighted by Gasteiger charge is 2.37. The Labute approximate surface area is 160 Å². The molecule has 0 bridgehead atoms. The second-order valence-corrected chi connectivity index (χ2v) is 8.57. The zero-order chi connectivity index (χ0) is 17.0. The molecule has 2 atom stereocenters. The Morgan fingerprint density at radius 2 is 1.96 bits per heavy atom. The molecule has 0 amide bonds. The van der Waals surface area contributed by atoms with Gasteiger partial charge in [-0.3, -0.25) is 0 Å². The minimum Gasteiger partial charge on any atom is -0.508 e. The molecule has 1 N–H and O–H groups in total. The first kappa shape index (κ1) is 20.6. The number of halogens is 1. The van der Waals surface area contributed by atoms with Crippen LogP contribution in [0.5, 0.6) is 5.75 Å². The molecule has 2 fully saturated rings. The van der Waals surface area contributed by atoms with Gasteiger partial charge in [-0.05, 0) is 67.3 Å². The molecule has 0 spiro atoms. The minimum absolute atomic E-state index is 0. The molecule has 1 aliphatic heterocycles. The van der Waals surface area contributed by atoms with Crippen LogP contribution in [0.3, 0.4) is 0 Å². The first-order valence-corrected chi connectivity index (χ1v) is 10.1. The molecule has 1 aromatic rings. The largest absolute Gasteiger partial charge is 0.508 e. The Bertz CT molecular complexity index is 529. The zero-order valence-corrected chi connectivity index (χ0v) is 16.9. The van der Waals surface area contributed by atoms with Gasteiger partial charge in [0, 0.05) is 6.54 Å². The first-order chi connectivity index (χ1) is 11.6. The van der Waals surface area contributed by atoms with E-state index in [2.05, 4.69) is 24.8 Å². The summed E-state index contributed by atoms with van der Waals surface area (Å²) in [6.07, 6.45) is 11.4. The highest BCUT2D eigenvalue weighted by Crippen LogP contribution is 2.40. The Morgan fingerprint density at radius 3 is 2.64 bits per heavy atom. The van der Waals surface area contributed by atoms with Gasteiger partial charge < -0.3 is 10.0 Å². The summed E-state index contributed by atoms with van der Waals surface area (Å²) < 4.78 is 0. The van der Waals surface area contributed by atoms with Crippen molar-refractivity contribution < 1.29 is 5.11 Å². The van der Waals surface area contributed by atoms with Crippen molar-refractivity contribution in [2.45, 2.75) is 70.6 Å². The van der Waals surface area contributed by atoms with Crippen LogP contribution in [0.15, 0.2) is 24.3 Å². The number of likely N-dealkylation sites (tertiary alicyclic amines) is 1. The highest BCUT2D eigenvalue weighted by atomic mass is 35.5. The molecule has 1 aromatic carbocycles. The van der Waals surface area contributed by atoms with Crippen LogP contribution in [-0.2, 0) is 5.41 Å². The van der Waals surface area contributed by atoms with Crippen LogP contribution in [0.4, 0.5) is 0 Å². The molecule has 3 heteroatoms. The average molecular weight is 366 g/mol. The lowest BCUT2D eigenvalue weighted by Crippen LogP contribution is -2.47. The predicted octanol–water partition coefficient (Wildman–Crippen LogP) is 5.77. The van der Waals surface area contributed by atoms with Gasteiger partial charge in [0.1, 0.15) is 5.75 Å². The van der Waals surface area contributed by atoms with Crippen molar-refractivity contribution in [3.8, 4) is 5.75 Å². The predicted molar refractivity (Wildman–Crippen MR) is 109 cm³/mol. The lowest BCUT2D eigenvalue weighted by atomic mass is 9.68. The third-order valence-electron chi connectivity index (χ3n) is 6.88. The van der Waals surface area contributed by atoms with Crippen molar-refractivity contribution in [1.82, 2.24) is 4.90 Å². The summed E-state index contributed by atoms with van der Waals surface area (Å²) in [5.41, 5.74) is 1.50.